The van der Waals surface area contributed by atoms with Gasteiger partial charge < -0.3 is 5.32 Å². The average Bonchev–Trinajstić information content (AvgIpc) is 3.41. The third-order valence-electron chi connectivity index (χ3n) is 5.17. The first-order valence-electron chi connectivity index (χ1n) is 9.07. The van der Waals surface area contributed by atoms with Crippen LogP contribution >= 0.6 is 0 Å². The van der Waals surface area contributed by atoms with Crippen LogP contribution in [-0.2, 0) is 4.79 Å². The van der Waals surface area contributed by atoms with Crippen molar-refractivity contribution in [1.29, 1.82) is 0 Å². The number of nitrogens with zero attached hydrogens (tertiary/aromatic N) is 4. The summed E-state index contributed by atoms with van der Waals surface area (Å²) < 4.78 is 15.8. The predicted molar refractivity (Wildman–Crippen MR) is 97.4 cm³/mol. The zero-order chi connectivity index (χ0) is 18.5. The summed E-state index contributed by atoms with van der Waals surface area (Å²) in [5.74, 6) is 1.06. The molecule has 1 aliphatic carbocycles. The highest BCUT2D eigenvalue weighted by Gasteiger charge is 2.35. The van der Waals surface area contributed by atoms with Crippen molar-refractivity contribution < 1.29 is 9.18 Å². The number of pyridine rings is 1. The van der Waals surface area contributed by atoms with E-state index >= 15 is 0 Å². The molecule has 3 aromatic rings. The molecule has 1 saturated carbocycles. The van der Waals surface area contributed by atoms with E-state index in [1.54, 1.807) is 18.5 Å². The number of aryl methyl sites for hydroxylation is 1. The van der Waals surface area contributed by atoms with Crippen molar-refractivity contribution in [2.45, 2.75) is 38.0 Å². The largest absolute Gasteiger partial charge is 0.326 e. The van der Waals surface area contributed by atoms with E-state index in [4.69, 9.17) is 10.1 Å². The third kappa shape index (κ3) is 2.79. The van der Waals surface area contributed by atoms with Crippen LogP contribution < -0.4 is 5.32 Å². The number of rotatable bonds is 3. The Balaban J connectivity index is 1.70. The Morgan fingerprint density at radius 1 is 1.26 bits per heavy atom. The minimum absolute atomic E-state index is 0.104. The minimum atomic E-state index is -0.350. The Bertz CT molecular complexity index is 1060. The molecule has 1 aromatic carbocycles. The first-order chi connectivity index (χ1) is 13.1. The van der Waals surface area contributed by atoms with Crippen molar-refractivity contribution in [3.63, 3.8) is 0 Å². The molecule has 1 N–H and O–H groups in total. The Hall–Kier alpha value is -3.09. The summed E-state index contributed by atoms with van der Waals surface area (Å²) in [6.07, 6.45) is 5.86. The molecular weight excluding hydrogens is 345 g/mol. The summed E-state index contributed by atoms with van der Waals surface area (Å²) in [4.78, 5) is 21.2. The van der Waals surface area contributed by atoms with Gasteiger partial charge in [0.1, 0.15) is 11.6 Å². The van der Waals surface area contributed by atoms with Gasteiger partial charge in [0.15, 0.2) is 5.82 Å². The maximum Gasteiger partial charge on any atom is 0.225 e. The molecule has 6 nitrogen and oxygen atoms in total. The zero-order valence-electron chi connectivity index (χ0n) is 14.8. The van der Waals surface area contributed by atoms with Crippen molar-refractivity contribution in [3.8, 4) is 5.69 Å². The molecule has 136 valence electrons. The number of fused-ring (bicyclic) bond motifs is 1. The molecule has 1 fully saturated rings. The van der Waals surface area contributed by atoms with E-state index < -0.39 is 0 Å². The van der Waals surface area contributed by atoms with Gasteiger partial charge in [-0.15, -0.1) is 0 Å². The van der Waals surface area contributed by atoms with Crippen LogP contribution in [0.3, 0.4) is 0 Å². The van der Waals surface area contributed by atoms with Crippen LogP contribution in [0, 0.1) is 12.7 Å². The summed E-state index contributed by atoms with van der Waals surface area (Å²) in [6, 6.07) is 6.33. The molecule has 27 heavy (non-hydrogen) atoms. The molecule has 0 spiro atoms. The zero-order valence-corrected chi connectivity index (χ0v) is 14.8. The van der Waals surface area contributed by atoms with E-state index in [-0.39, 0.29) is 24.1 Å². The van der Waals surface area contributed by atoms with Crippen LogP contribution in [0.2, 0.25) is 0 Å². The van der Waals surface area contributed by atoms with Crippen molar-refractivity contribution in [2.75, 3.05) is 5.32 Å². The van der Waals surface area contributed by atoms with Gasteiger partial charge in [-0.05, 0) is 55.2 Å². The SMILES string of the molecule is Cc1cnccc1-n1nc(C2CC2)nc1C1CC(=O)Nc2ccc(F)cc21. The van der Waals surface area contributed by atoms with Crippen LogP contribution in [0.15, 0.2) is 36.7 Å². The van der Waals surface area contributed by atoms with Gasteiger partial charge in [0.2, 0.25) is 5.91 Å². The summed E-state index contributed by atoms with van der Waals surface area (Å²) >= 11 is 0. The summed E-state index contributed by atoms with van der Waals surface area (Å²) in [5.41, 5.74) is 3.21. The van der Waals surface area contributed by atoms with Gasteiger partial charge in [-0.2, -0.15) is 5.10 Å². The molecule has 7 heteroatoms. The van der Waals surface area contributed by atoms with Crippen LogP contribution in [0.25, 0.3) is 5.69 Å². The molecule has 1 unspecified atom stereocenters. The second kappa shape index (κ2) is 5.97. The monoisotopic (exact) mass is 363 g/mol. The van der Waals surface area contributed by atoms with Crippen molar-refractivity contribution in [1.82, 2.24) is 19.7 Å². The molecule has 5 rings (SSSR count). The van der Waals surface area contributed by atoms with Gasteiger partial charge in [0.05, 0.1) is 11.6 Å². The molecule has 1 amide bonds. The van der Waals surface area contributed by atoms with Gasteiger partial charge >= 0.3 is 0 Å². The number of halogens is 1. The predicted octanol–water partition coefficient (Wildman–Crippen LogP) is 3.46. The quantitative estimate of drug-likeness (QED) is 0.773. The van der Waals surface area contributed by atoms with E-state index in [2.05, 4.69) is 10.3 Å². The summed E-state index contributed by atoms with van der Waals surface area (Å²) in [6.45, 7) is 1.96. The standard InChI is InChI=1S/C20H18FN5O/c1-11-10-22-7-6-17(11)26-20(24-19(25-26)12-2-3-12)15-9-18(27)23-16-5-4-13(21)8-14(15)16/h4-8,10,12,15H,2-3,9H2,1H3,(H,23,27). The Labute approximate surface area is 155 Å². The number of nitrogens with one attached hydrogen (secondary N) is 1. The number of carbonyl (C=O) groups excluding carboxylic acids is 1. The lowest BCUT2D eigenvalue weighted by Gasteiger charge is -2.25. The average molecular weight is 363 g/mol. The van der Waals surface area contributed by atoms with E-state index in [1.807, 2.05) is 17.7 Å². The Morgan fingerprint density at radius 2 is 2.11 bits per heavy atom. The van der Waals surface area contributed by atoms with Gasteiger partial charge in [-0.25, -0.2) is 14.1 Å². The molecule has 0 saturated heterocycles. The highest BCUT2D eigenvalue weighted by molar-refractivity contribution is 5.95. The number of anilines is 1. The minimum Gasteiger partial charge on any atom is -0.326 e. The fourth-order valence-electron chi connectivity index (χ4n) is 3.62. The third-order valence-corrected chi connectivity index (χ3v) is 5.17. The number of benzene rings is 1. The number of amides is 1. The normalized spacial score (nSPS) is 18.9. The van der Waals surface area contributed by atoms with Crippen LogP contribution in [0.5, 0.6) is 0 Å². The molecule has 3 heterocycles. The lowest BCUT2D eigenvalue weighted by atomic mass is 9.89. The van der Waals surface area contributed by atoms with Gasteiger partial charge in [0.25, 0.3) is 0 Å². The molecule has 0 bridgehead atoms. The topological polar surface area (TPSA) is 72.7 Å². The van der Waals surface area contributed by atoms with Crippen LogP contribution in [0.1, 0.15) is 53.9 Å². The molecule has 1 atom stereocenters. The van der Waals surface area contributed by atoms with E-state index in [0.29, 0.717) is 17.4 Å². The lowest BCUT2D eigenvalue weighted by Crippen LogP contribution is -2.25. The fraction of sp³-hybridized carbons (Fsp3) is 0.300. The van der Waals surface area contributed by atoms with E-state index in [9.17, 15) is 9.18 Å². The van der Waals surface area contributed by atoms with Crippen molar-refractivity contribution >= 4 is 11.6 Å². The molecule has 0 radical (unpaired) electrons. The van der Waals surface area contributed by atoms with Gasteiger partial charge in [-0.3, -0.25) is 9.78 Å². The lowest BCUT2D eigenvalue weighted by molar-refractivity contribution is -0.116. The second-order valence-corrected chi connectivity index (χ2v) is 7.21. The molecular formula is C20H18FN5O. The van der Waals surface area contributed by atoms with Crippen molar-refractivity contribution in [3.05, 3.63) is 65.3 Å². The number of carbonyl (C=O) groups is 1. The Kier molecular flexibility index (Phi) is 3.56. The second-order valence-electron chi connectivity index (χ2n) is 7.21. The molecule has 2 aliphatic rings. The maximum absolute atomic E-state index is 13.9. The van der Waals surface area contributed by atoms with Gasteiger partial charge in [0, 0.05) is 30.4 Å². The van der Waals surface area contributed by atoms with E-state index in [0.717, 1.165) is 35.5 Å². The summed E-state index contributed by atoms with van der Waals surface area (Å²) in [7, 11) is 0. The molecule has 2 aromatic heterocycles. The first kappa shape index (κ1) is 16.1. The van der Waals surface area contributed by atoms with Crippen LogP contribution in [-0.4, -0.2) is 25.7 Å². The van der Waals surface area contributed by atoms with Gasteiger partial charge in [-0.1, -0.05) is 0 Å². The van der Waals surface area contributed by atoms with Crippen molar-refractivity contribution in [2.24, 2.45) is 0 Å². The number of aromatic nitrogens is 4. The maximum atomic E-state index is 13.9. The first-order valence-corrected chi connectivity index (χ1v) is 9.07. The van der Waals surface area contributed by atoms with Crippen LogP contribution in [0.4, 0.5) is 10.1 Å². The van der Waals surface area contributed by atoms with E-state index in [1.165, 1.54) is 12.1 Å². The fourth-order valence-corrected chi connectivity index (χ4v) is 3.62. The smallest absolute Gasteiger partial charge is 0.225 e. The summed E-state index contributed by atoms with van der Waals surface area (Å²) in [5, 5.41) is 7.58. The highest BCUT2D eigenvalue weighted by atomic mass is 19.1. The number of hydrogen-bond acceptors (Lipinski definition) is 4. The molecule has 1 aliphatic heterocycles. The Morgan fingerprint density at radius 3 is 2.89 bits per heavy atom. The number of hydrogen-bond donors (Lipinski definition) is 1. The highest BCUT2D eigenvalue weighted by Crippen LogP contribution is 2.42.